The molecule has 0 aromatic carbocycles. The molecule has 0 heterocycles. The van der Waals surface area contributed by atoms with Gasteiger partial charge in [-0.05, 0) is 107 Å². The lowest BCUT2D eigenvalue weighted by Gasteiger charge is -2.58. The minimum absolute atomic E-state index is 0.260. The van der Waals surface area contributed by atoms with Crippen LogP contribution in [-0.4, -0.2) is 25.0 Å². The summed E-state index contributed by atoms with van der Waals surface area (Å²) in [5, 5.41) is 0. The first kappa shape index (κ1) is 18.8. The third-order valence-electron chi connectivity index (χ3n) is 9.11. The van der Waals surface area contributed by atoms with Crippen molar-refractivity contribution < 1.29 is 14.5 Å². The van der Waals surface area contributed by atoms with Crippen molar-refractivity contribution in [3.8, 4) is 0 Å². The maximum absolute atomic E-state index is 6.25. The summed E-state index contributed by atoms with van der Waals surface area (Å²) in [6.07, 6.45) is 16.8. The van der Waals surface area contributed by atoms with Gasteiger partial charge < -0.3 is 10.5 Å². The van der Waals surface area contributed by atoms with E-state index in [0.717, 1.165) is 36.5 Å². The zero-order valence-electron chi connectivity index (χ0n) is 17.1. The Hall–Kier alpha value is -0.160. The van der Waals surface area contributed by atoms with Gasteiger partial charge in [0.1, 0.15) is 0 Å². The zero-order valence-corrected chi connectivity index (χ0v) is 17.1. The normalized spacial score (nSPS) is 52.2. The van der Waals surface area contributed by atoms with E-state index in [2.05, 4.69) is 0 Å². The van der Waals surface area contributed by atoms with Gasteiger partial charge in [-0.25, -0.2) is 9.78 Å². The van der Waals surface area contributed by atoms with Crippen molar-refractivity contribution in [3.63, 3.8) is 0 Å². The van der Waals surface area contributed by atoms with Gasteiger partial charge in [0, 0.05) is 25.0 Å². The number of methoxy groups -OCH3 is 1. The van der Waals surface area contributed by atoms with E-state index in [0.29, 0.717) is 17.9 Å². The molecule has 6 aliphatic carbocycles. The Morgan fingerprint density at radius 3 is 1.74 bits per heavy atom. The molecule has 6 aliphatic rings. The van der Waals surface area contributed by atoms with E-state index in [-0.39, 0.29) is 6.10 Å². The summed E-state index contributed by atoms with van der Waals surface area (Å²) in [6, 6.07) is 0.459. The maximum Gasteiger partial charge on any atom is 0.207 e. The van der Waals surface area contributed by atoms with Gasteiger partial charge in [0.2, 0.25) is 5.79 Å². The monoisotopic (exact) mass is 377 g/mol. The summed E-state index contributed by atoms with van der Waals surface area (Å²) in [5.41, 5.74) is 6.09. The van der Waals surface area contributed by atoms with Gasteiger partial charge in [-0.3, -0.25) is 0 Å². The van der Waals surface area contributed by atoms with Crippen LogP contribution in [-0.2, 0) is 14.5 Å². The molecule has 6 rings (SSSR count). The number of nitrogens with two attached hydrogens (primary N) is 1. The second kappa shape index (κ2) is 7.59. The smallest absolute Gasteiger partial charge is 0.207 e. The fourth-order valence-corrected chi connectivity index (χ4v) is 7.76. The second-order valence-corrected chi connectivity index (χ2v) is 10.6. The predicted octanol–water partition coefficient (Wildman–Crippen LogP) is 4.81. The van der Waals surface area contributed by atoms with Crippen molar-refractivity contribution in [1.29, 1.82) is 0 Å². The summed E-state index contributed by atoms with van der Waals surface area (Å²) in [7, 11) is 1.84. The Bertz CT molecular complexity index is 480. The third kappa shape index (κ3) is 3.49. The van der Waals surface area contributed by atoms with E-state index in [1.807, 2.05) is 7.11 Å². The van der Waals surface area contributed by atoms with Crippen LogP contribution in [0.1, 0.15) is 83.5 Å². The topological polar surface area (TPSA) is 53.7 Å². The van der Waals surface area contributed by atoms with Crippen molar-refractivity contribution in [2.75, 3.05) is 7.11 Å². The van der Waals surface area contributed by atoms with E-state index >= 15 is 0 Å². The summed E-state index contributed by atoms with van der Waals surface area (Å²) in [6.45, 7) is 0. The lowest BCUT2D eigenvalue weighted by Crippen LogP contribution is -2.60. The molecule has 0 atom stereocenters. The molecule has 6 saturated carbocycles. The van der Waals surface area contributed by atoms with Crippen molar-refractivity contribution in [2.24, 2.45) is 41.2 Å². The zero-order chi connectivity index (χ0) is 18.4. The molecule has 6 fully saturated rings. The van der Waals surface area contributed by atoms with E-state index in [9.17, 15) is 0 Å². The van der Waals surface area contributed by atoms with E-state index in [4.69, 9.17) is 20.2 Å². The average molecular weight is 378 g/mol. The predicted molar refractivity (Wildman–Crippen MR) is 105 cm³/mol. The maximum atomic E-state index is 6.25. The summed E-state index contributed by atoms with van der Waals surface area (Å²) < 4.78 is 6.07. The lowest BCUT2D eigenvalue weighted by molar-refractivity contribution is -0.486. The number of ether oxygens (including phenoxy) is 1. The first-order valence-corrected chi connectivity index (χ1v) is 11.8. The van der Waals surface area contributed by atoms with Gasteiger partial charge in [-0.1, -0.05) is 0 Å². The molecule has 0 aromatic rings. The molecular weight excluding hydrogens is 338 g/mol. The highest BCUT2D eigenvalue weighted by Crippen LogP contribution is 2.60. The minimum Gasteiger partial charge on any atom is -0.350 e. The molecule has 27 heavy (non-hydrogen) atoms. The Kier molecular flexibility index (Phi) is 5.30. The molecule has 4 bridgehead atoms. The van der Waals surface area contributed by atoms with E-state index in [1.165, 1.54) is 70.6 Å². The summed E-state index contributed by atoms with van der Waals surface area (Å²) in [5.74, 6) is 4.25. The number of rotatable bonds is 5. The number of hydrogen-bond acceptors (Lipinski definition) is 4. The Morgan fingerprint density at radius 1 is 0.704 bits per heavy atom. The molecule has 0 saturated heterocycles. The van der Waals surface area contributed by atoms with Crippen molar-refractivity contribution in [3.05, 3.63) is 0 Å². The van der Waals surface area contributed by atoms with Gasteiger partial charge in [0.15, 0.2) is 0 Å². The molecule has 0 aromatic heterocycles. The first-order valence-electron chi connectivity index (χ1n) is 11.8. The lowest BCUT2D eigenvalue weighted by atomic mass is 9.53. The number of hydrogen-bond donors (Lipinski definition) is 1. The molecular formula is C23H39NO3. The van der Waals surface area contributed by atoms with Crippen molar-refractivity contribution >= 4 is 0 Å². The highest BCUT2D eigenvalue weighted by atomic mass is 17.2. The first-order chi connectivity index (χ1) is 13.2. The van der Waals surface area contributed by atoms with Crippen LogP contribution in [0.3, 0.4) is 0 Å². The minimum atomic E-state index is -0.455. The molecule has 0 spiro atoms. The average Bonchev–Trinajstić information content (AvgIpc) is 2.69. The van der Waals surface area contributed by atoms with E-state index < -0.39 is 5.79 Å². The Morgan fingerprint density at radius 2 is 1.22 bits per heavy atom. The van der Waals surface area contributed by atoms with Crippen LogP contribution in [0.5, 0.6) is 0 Å². The van der Waals surface area contributed by atoms with Crippen LogP contribution < -0.4 is 5.73 Å². The largest absolute Gasteiger partial charge is 0.350 e. The standard InChI is InChI=1S/C23H39NO3/c1-25-23(19-11-15-10-16(13-19)14-20(23)12-15)27-26-22-8-4-18(5-9-22)17-2-6-21(24)7-3-17/h15-22H,2-14,24H2,1H3. The van der Waals surface area contributed by atoms with Crippen LogP contribution in [0.2, 0.25) is 0 Å². The van der Waals surface area contributed by atoms with Crippen LogP contribution in [0.25, 0.3) is 0 Å². The van der Waals surface area contributed by atoms with Crippen LogP contribution in [0.15, 0.2) is 0 Å². The molecule has 0 unspecified atom stereocenters. The Balaban J connectivity index is 1.13. The van der Waals surface area contributed by atoms with Crippen molar-refractivity contribution in [2.45, 2.75) is 101 Å². The highest BCUT2D eigenvalue weighted by Gasteiger charge is 2.60. The summed E-state index contributed by atoms with van der Waals surface area (Å²) in [4.78, 5) is 12.4. The Labute approximate surface area is 164 Å². The summed E-state index contributed by atoms with van der Waals surface area (Å²) >= 11 is 0. The van der Waals surface area contributed by atoms with Crippen LogP contribution in [0.4, 0.5) is 0 Å². The van der Waals surface area contributed by atoms with Crippen LogP contribution >= 0.6 is 0 Å². The van der Waals surface area contributed by atoms with Gasteiger partial charge in [-0.15, -0.1) is 0 Å². The van der Waals surface area contributed by atoms with Crippen LogP contribution in [0, 0.1) is 35.5 Å². The fraction of sp³-hybridized carbons (Fsp3) is 1.00. The molecule has 0 radical (unpaired) electrons. The molecule has 0 aliphatic heterocycles. The van der Waals surface area contributed by atoms with Gasteiger partial charge in [0.05, 0.1) is 6.10 Å². The van der Waals surface area contributed by atoms with Crippen molar-refractivity contribution in [1.82, 2.24) is 0 Å². The molecule has 0 amide bonds. The molecule has 4 nitrogen and oxygen atoms in total. The van der Waals surface area contributed by atoms with E-state index in [1.54, 1.807) is 0 Å². The molecule has 4 heteroatoms. The van der Waals surface area contributed by atoms with Gasteiger partial charge >= 0.3 is 0 Å². The van der Waals surface area contributed by atoms with Gasteiger partial charge in [0.25, 0.3) is 0 Å². The SMILES string of the molecule is COC1(OOC2CCC(C3CCC(N)CC3)CC2)C2CC3CC(C2)CC1C3. The third-order valence-corrected chi connectivity index (χ3v) is 9.11. The van der Waals surface area contributed by atoms with Gasteiger partial charge in [-0.2, -0.15) is 0 Å². The molecule has 2 N–H and O–H groups in total. The highest BCUT2D eigenvalue weighted by molar-refractivity contribution is 5.03. The molecule has 154 valence electrons. The quantitative estimate of drug-likeness (QED) is 0.424. The fourth-order valence-electron chi connectivity index (χ4n) is 7.76. The second-order valence-electron chi connectivity index (χ2n) is 10.6.